The van der Waals surface area contributed by atoms with Crippen molar-refractivity contribution >= 4 is 17.4 Å². The Kier molecular flexibility index (Phi) is 6.80. The summed E-state index contributed by atoms with van der Waals surface area (Å²) in [5.74, 6) is 0.409. The smallest absolute Gasteiger partial charge is 0.255 e. The van der Waals surface area contributed by atoms with Gasteiger partial charge in [-0.25, -0.2) is 0 Å². The van der Waals surface area contributed by atoms with Crippen molar-refractivity contribution in [3.8, 4) is 5.75 Å². The topological polar surface area (TPSA) is 55.4 Å². The van der Waals surface area contributed by atoms with E-state index in [1.54, 1.807) is 48.5 Å². The lowest BCUT2D eigenvalue weighted by atomic mass is 10.0. The zero-order valence-electron chi connectivity index (χ0n) is 16.7. The summed E-state index contributed by atoms with van der Waals surface area (Å²) in [6.45, 7) is 4.01. The van der Waals surface area contributed by atoms with Crippen LogP contribution in [-0.2, 0) is 0 Å². The summed E-state index contributed by atoms with van der Waals surface area (Å²) in [5.41, 5.74) is 3.03. The van der Waals surface area contributed by atoms with Crippen LogP contribution in [0.25, 0.3) is 0 Å². The largest absolute Gasteiger partial charge is 0.482 e. The Labute approximate surface area is 171 Å². The van der Waals surface area contributed by atoms with Crippen molar-refractivity contribution in [2.24, 2.45) is 0 Å². The second-order valence-corrected chi connectivity index (χ2v) is 6.97. The molecule has 3 rings (SSSR count). The average Bonchev–Trinajstić information content (AvgIpc) is 2.75. The van der Waals surface area contributed by atoms with Crippen LogP contribution >= 0.6 is 0 Å². The molecule has 0 saturated carbocycles. The van der Waals surface area contributed by atoms with Crippen LogP contribution in [0.15, 0.2) is 78.9 Å². The molecular formula is C25H25NO3. The average molecular weight is 387 g/mol. The number of hydrogen-bond acceptors (Lipinski definition) is 3. The quantitative estimate of drug-likeness (QED) is 0.506. The summed E-state index contributed by atoms with van der Waals surface area (Å²) >= 11 is 0. The van der Waals surface area contributed by atoms with E-state index >= 15 is 0 Å². The molecule has 3 aromatic carbocycles. The maximum absolute atomic E-state index is 12.8. The molecule has 29 heavy (non-hydrogen) atoms. The maximum Gasteiger partial charge on any atom is 0.255 e. The lowest BCUT2D eigenvalue weighted by molar-refractivity contribution is 0.0777. The molecule has 0 radical (unpaired) electrons. The molecule has 1 N–H and O–H groups in total. The molecule has 0 aliphatic heterocycles. The monoisotopic (exact) mass is 387 g/mol. The van der Waals surface area contributed by atoms with Crippen LogP contribution in [0.1, 0.15) is 46.0 Å². The van der Waals surface area contributed by atoms with Crippen molar-refractivity contribution in [3.63, 3.8) is 0 Å². The second kappa shape index (κ2) is 9.69. The maximum atomic E-state index is 12.8. The Morgan fingerprint density at radius 3 is 2.14 bits per heavy atom. The first-order valence-corrected chi connectivity index (χ1v) is 9.81. The van der Waals surface area contributed by atoms with Gasteiger partial charge in [0.05, 0.1) is 0 Å². The molecule has 0 saturated heterocycles. The summed E-state index contributed by atoms with van der Waals surface area (Å²) in [4.78, 5) is 25.1. The third-order valence-corrected chi connectivity index (χ3v) is 4.61. The molecule has 0 aliphatic rings. The highest BCUT2D eigenvalue weighted by Crippen LogP contribution is 2.21. The van der Waals surface area contributed by atoms with Crippen LogP contribution in [0.2, 0.25) is 0 Å². The van der Waals surface area contributed by atoms with E-state index in [4.69, 9.17) is 4.74 Å². The minimum atomic E-state index is -0.532. The number of Topliss-reactive ketones (excluding diaryl/α,β-unsaturated/α-hetero) is 1. The fourth-order valence-corrected chi connectivity index (χ4v) is 2.98. The number of benzene rings is 3. The van der Waals surface area contributed by atoms with Gasteiger partial charge in [0.25, 0.3) is 5.91 Å². The van der Waals surface area contributed by atoms with Crippen molar-refractivity contribution in [2.75, 3.05) is 5.32 Å². The van der Waals surface area contributed by atoms with Crippen LogP contribution in [0.4, 0.5) is 5.69 Å². The van der Waals surface area contributed by atoms with E-state index < -0.39 is 6.10 Å². The molecule has 0 fully saturated rings. The highest BCUT2D eigenvalue weighted by Gasteiger charge is 2.21. The zero-order chi connectivity index (χ0) is 20.6. The summed E-state index contributed by atoms with van der Waals surface area (Å²) in [5, 5.41) is 2.87. The predicted molar refractivity (Wildman–Crippen MR) is 116 cm³/mol. The van der Waals surface area contributed by atoms with Gasteiger partial charge in [0.15, 0.2) is 6.10 Å². The number of nitrogens with one attached hydrogen (secondary N) is 1. The summed E-state index contributed by atoms with van der Waals surface area (Å²) in [6, 6.07) is 23.7. The van der Waals surface area contributed by atoms with E-state index in [-0.39, 0.29) is 11.7 Å². The highest BCUT2D eigenvalue weighted by atomic mass is 16.5. The molecule has 0 spiro atoms. The fraction of sp³-hybridized carbons (Fsp3) is 0.200. The van der Waals surface area contributed by atoms with Gasteiger partial charge >= 0.3 is 0 Å². The lowest BCUT2D eigenvalue weighted by Crippen LogP contribution is -2.27. The number of carbonyl (C=O) groups excluding carboxylic acids is 2. The molecule has 0 aromatic heterocycles. The van der Waals surface area contributed by atoms with E-state index in [1.807, 2.05) is 44.2 Å². The number of amides is 1. The molecule has 4 nitrogen and oxygen atoms in total. The van der Waals surface area contributed by atoms with Crippen molar-refractivity contribution in [1.82, 2.24) is 0 Å². The highest BCUT2D eigenvalue weighted by molar-refractivity contribution is 6.04. The zero-order valence-corrected chi connectivity index (χ0v) is 16.7. The van der Waals surface area contributed by atoms with Crippen LogP contribution in [0.3, 0.4) is 0 Å². The summed E-state index contributed by atoms with van der Waals surface area (Å²) < 4.78 is 5.97. The van der Waals surface area contributed by atoms with E-state index in [2.05, 4.69) is 5.32 Å². The Morgan fingerprint density at radius 1 is 0.862 bits per heavy atom. The first-order chi connectivity index (χ1) is 14.1. The van der Waals surface area contributed by atoms with Gasteiger partial charge in [-0.2, -0.15) is 0 Å². The molecule has 0 bridgehead atoms. The van der Waals surface area contributed by atoms with Gasteiger partial charge in [0.1, 0.15) is 5.75 Å². The normalized spacial score (nSPS) is 11.5. The van der Waals surface area contributed by atoms with Crippen molar-refractivity contribution in [2.45, 2.75) is 32.8 Å². The van der Waals surface area contributed by atoms with Gasteiger partial charge < -0.3 is 10.1 Å². The van der Waals surface area contributed by atoms with Gasteiger partial charge in [0, 0.05) is 16.8 Å². The fourth-order valence-electron chi connectivity index (χ4n) is 2.98. The molecule has 0 aliphatic carbocycles. The minimum absolute atomic E-state index is 0.0239. The molecule has 1 atom stereocenters. The minimum Gasteiger partial charge on any atom is -0.482 e. The number of hydrogen-bond donors (Lipinski definition) is 1. The van der Waals surface area contributed by atoms with E-state index in [0.29, 0.717) is 29.0 Å². The summed E-state index contributed by atoms with van der Waals surface area (Å²) in [7, 11) is 0. The van der Waals surface area contributed by atoms with Gasteiger partial charge in [-0.3, -0.25) is 9.59 Å². The molecule has 0 heterocycles. The SMILES string of the molecule is CCCC(Oc1ccc(NC(=O)c2ccc(C)cc2)cc1)C(=O)c1ccccc1. The number of ether oxygens (including phenoxy) is 1. The first-order valence-electron chi connectivity index (χ1n) is 9.81. The Hall–Kier alpha value is -3.40. The third-order valence-electron chi connectivity index (χ3n) is 4.61. The molecule has 3 aromatic rings. The lowest BCUT2D eigenvalue weighted by Gasteiger charge is -2.18. The van der Waals surface area contributed by atoms with Gasteiger partial charge in [-0.05, 0) is 49.7 Å². The molecule has 1 unspecified atom stereocenters. The van der Waals surface area contributed by atoms with Gasteiger partial charge in [-0.15, -0.1) is 0 Å². The number of anilines is 1. The number of ketones is 1. The van der Waals surface area contributed by atoms with Crippen molar-refractivity contribution in [3.05, 3.63) is 95.6 Å². The predicted octanol–water partition coefficient (Wildman–Crippen LogP) is 5.68. The van der Waals surface area contributed by atoms with Crippen LogP contribution in [0.5, 0.6) is 5.75 Å². The van der Waals surface area contributed by atoms with E-state index in [0.717, 1.165) is 12.0 Å². The van der Waals surface area contributed by atoms with E-state index in [1.165, 1.54) is 0 Å². The van der Waals surface area contributed by atoms with Gasteiger partial charge in [-0.1, -0.05) is 61.4 Å². The third kappa shape index (κ3) is 5.55. The van der Waals surface area contributed by atoms with Crippen LogP contribution in [0, 0.1) is 6.92 Å². The number of aryl methyl sites for hydroxylation is 1. The first kappa shape index (κ1) is 20.3. The van der Waals surface area contributed by atoms with Crippen LogP contribution < -0.4 is 10.1 Å². The Bertz CT molecular complexity index is 948. The Morgan fingerprint density at radius 2 is 1.52 bits per heavy atom. The van der Waals surface area contributed by atoms with Crippen molar-refractivity contribution in [1.29, 1.82) is 0 Å². The van der Waals surface area contributed by atoms with Crippen molar-refractivity contribution < 1.29 is 14.3 Å². The standard InChI is InChI=1S/C25H25NO3/c1-3-7-23(24(27)19-8-5-4-6-9-19)29-22-16-14-21(15-17-22)26-25(28)20-12-10-18(2)11-13-20/h4-6,8-17,23H,3,7H2,1-2H3,(H,26,28). The number of carbonyl (C=O) groups is 2. The molecule has 148 valence electrons. The number of rotatable bonds is 8. The molecule has 1 amide bonds. The molecule has 4 heteroatoms. The summed E-state index contributed by atoms with van der Waals surface area (Å²) in [6.07, 6.45) is 0.948. The Balaban J connectivity index is 1.66. The molecular weight excluding hydrogens is 362 g/mol. The van der Waals surface area contributed by atoms with Crippen LogP contribution in [-0.4, -0.2) is 17.8 Å². The second-order valence-electron chi connectivity index (χ2n) is 6.97. The van der Waals surface area contributed by atoms with E-state index in [9.17, 15) is 9.59 Å². The van der Waals surface area contributed by atoms with Gasteiger partial charge in [0.2, 0.25) is 5.78 Å².